The standard InChI is InChI=1S/C14H14NO4/c1-19-14(18)12(15-13(17)8-5-9-16)10-11-6-3-2-4-7-11/h2-9,12H,10H2,1H3/b8-5-. The highest BCUT2D eigenvalue weighted by Gasteiger charge is 2.22. The zero-order chi connectivity index (χ0) is 14.1. The van der Waals surface area contributed by atoms with Crippen molar-refractivity contribution in [3.63, 3.8) is 0 Å². The second-order valence-corrected chi connectivity index (χ2v) is 3.69. The predicted octanol–water partition coefficient (Wildman–Crippen LogP) is 0.657. The van der Waals surface area contributed by atoms with Gasteiger partial charge in [0.15, 0.2) is 6.04 Å². The van der Waals surface area contributed by atoms with Crippen molar-refractivity contribution in [2.24, 2.45) is 0 Å². The summed E-state index contributed by atoms with van der Waals surface area (Å²) in [7, 11) is 1.24. The maximum Gasteiger partial charge on any atom is 0.331 e. The average molecular weight is 260 g/mol. The molecule has 0 bridgehead atoms. The number of benzene rings is 1. The van der Waals surface area contributed by atoms with E-state index in [1.54, 1.807) is 0 Å². The Balaban J connectivity index is 2.72. The van der Waals surface area contributed by atoms with Crippen molar-refractivity contribution in [3.8, 4) is 0 Å². The number of allylic oxidation sites excluding steroid dienone is 1. The molecule has 0 N–H and O–H groups in total. The van der Waals surface area contributed by atoms with E-state index in [9.17, 15) is 14.4 Å². The van der Waals surface area contributed by atoms with Gasteiger partial charge in [0.05, 0.1) is 7.11 Å². The zero-order valence-corrected chi connectivity index (χ0v) is 10.5. The first-order valence-corrected chi connectivity index (χ1v) is 5.65. The van der Waals surface area contributed by atoms with Crippen molar-refractivity contribution < 1.29 is 19.1 Å². The lowest BCUT2D eigenvalue weighted by molar-refractivity contribution is -0.144. The van der Waals surface area contributed by atoms with Gasteiger partial charge in [-0.25, -0.2) is 10.1 Å². The molecule has 0 aromatic heterocycles. The van der Waals surface area contributed by atoms with E-state index in [1.807, 2.05) is 30.3 Å². The van der Waals surface area contributed by atoms with Gasteiger partial charge in [0.1, 0.15) is 6.29 Å². The molecule has 0 saturated heterocycles. The highest BCUT2D eigenvalue weighted by Crippen LogP contribution is 2.05. The van der Waals surface area contributed by atoms with Crippen molar-refractivity contribution in [1.29, 1.82) is 0 Å². The van der Waals surface area contributed by atoms with Gasteiger partial charge in [-0.15, -0.1) is 0 Å². The fourth-order valence-corrected chi connectivity index (χ4v) is 1.47. The van der Waals surface area contributed by atoms with Gasteiger partial charge in [-0.05, 0) is 11.6 Å². The number of carbonyl (C=O) groups excluding carboxylic acids is 3. The summed E-state index contributed by atoms with van der Waals surface area (Å²) in [6, 6.07) is 8.27. The highest BCUT2D eigenvalue weighted by molar-refractivity contribution is 5.93. The maximum atomic E-state index is 11.6. The number of methoxy groups -OCH3 is 1. The van der Waals surface area contributed by atoms with Crippen LogP contribution < -0.4 is 5.32 Å². The molecule has 99 valence electrons. The molecule has 0 aliphatic heterocycles. The molecule has 19 heavy (non-hydrogen) atoms. The molecule has 1 aromatic carbocycles. The molecule has 0 heterocycles. The van der Waals surface area contributed by atoms with Crippen molar-refractivity contribution in [2.75, 3.05) is 7.11 Å². The molecule has 1 rings (SSSR count). The topological polar surface area (TPSA) is 74.5 Å². The summed E-state index contributed by atoms with van der Waals surface area (Å²) in [6.07, 6.45) is 2.78. The Bertz CT molecular complexity index is 468. The summed E-state index contributed by atoms with van der Waals surface area (Å²) in [6.45, 7) is 0. The Hall–Kier alpha value is -2.43. The summed E-state index contributed by atoms with van der Waals surface area (Å²) in [5.41, 5.74) is 0.869. The Morgan fingerprint density at radius 2 is 2.00 bits per heavy atom. The number of hydrogen-bond acceptors (Lipinski definition) is 4. The normalized spacial score (nSPS) is 11.8. The molecule has 0 spiro atoms. The van der Waals surface area contributed by atoms with E-state index in [0.717, 1.165) is 17.7 Å². The van der Waals surface area contributed by atoms with Crippen molar-refractivity contribution in [2.45, 2.75) is 12.5 Å². The second kappa shape index (κ2) is 7.81. The smallest absolute Gasteiger partial charge is 0.331 e. The van der Waals surface area contributed by atoms with Gasteiger partial charge in [0.25, 0.3) is 5.91 Å². The monoisotopic (exact) mass is 260 g/mol. The van der Waals surface area contributed by atoms with E-state index in [-0.39, 0.29) is 6.42 Å². The third-order valence-electron chi connectivity index (χ3n) is 2.35. The van der Waals surface area contributed by atoms with Crippen LogP contribution in [0.1, 0.15) is 5.56 Å². The molecule has 0 aliphatic carbocycles. The fraction of sp³-hybridized carbons (Fsp3) is 0.214. The van der Waals surface area contributed by atoms with E-state index >= 15 is 0 Å². The van der Waals surface area contributed by atoms with Gasteiger partial charge in [-0.2, -0.15) is 0 Å². The van der Waals surface area contributed by atoms with E-state index in [0.29, 0.717) is 6.29 Å². The van der Waals surface area contributed by atoms with Gasteiger partial charge in [-0.3, -0.25) is 9.59 Å². The molecule has 1 aromatic rings. The number of amides is 1. The molecule has 1 amide bonds. The molecule has 5 nitrogen and oxygen atoms in total. The zero-order valence-electron chi connectivity index (χ0n) is 10.5. The largest absolute Gasteiger partial charge is 0.467 e. The van der Waals surface area contributed by atoms with Crippen LogP contribution in [0.15, 0.2) is 42.5 Å². The van der Waals surface area contributed by atoms with Gasteiger partial charge >= 0.3 is 5.97 Å². The summed E-state index contributed by atoms with van der Waals surface area (Å²) in [4.78, 5) is 33.1. The van der Waals surface area contributed by atoms with Crippen LogP contribution in [-0.4, -0.2) is 31.3 Å². The van der Waals surface area contributed by atoms with Crippen molar-refractivity contribution in [3.05, 3.63) is 48.0 Å². The summed E-state index contributed by atoms with van der Waals surface area (Å²) in [5.74, 6) is -1.23. The minimum absolute atomic E-state index is 0.272. The minimum atomic E-state index is -0.906. The number of esters is 1. The molecule has 1 radical (unpaired) electrons. The molecular weight excluding hydrogens is 246 g/mol. The summed E-state index contributed by atoms with van der Waals surface area (Å²) in [5, 5.41) is 3.72. The Kier molecular flexibility index (Phi) is 6.02. The first-order valence-electron chi connectivity index (χ1n) is 5.65. The highest BCUT2D eigenvalue weighted by atomic mass is 16.5. The second-order valence-electron chi connectivity index (χ2n) is 3.69. The maximum absolute atomic E-state index is 11.6. The summed E-state index contributed by atoms with van der Waals surface area (Å²) >= 11 is 0. The third-order valence-corrected chi connectivity index (χ3v) is 2.35. The number of ether oxygens (including phenoxy) is 1. The van der Waals surface area contributed by atoms with E-state index in [2.05, 4.69) is 10.1 Å². The number of nitrogens with zero attached hydrogens (tertiary/aromatic N) is 1. The lowest BCUT2D eigenvalue weighted by Gasteiger charge is -2.12. The van der Waals surface area contributed by atoms with Crippen LogP contribution in [0.2, 0.25) is 0 Å². The van der Waals surface area contributed by atoms with Gasteiger partial charge < -0.3 is 4.74 Å². The Morgan fingerprint density at radius 3 is 2.58 bits per heavy atom. The molecule has 0 aliphatic rings. The SMILES string of the molecule is COC(=O)C(Cc1ccccc1)[N]C(=O)/C=C\C=O. The van der Waals surface area contributed by atoms with Gasteiger partial charge in [-0.1, -0.05) is 30.3 Å². The quantitative estimate of drug-likeness (QED) is 0.428. The van der Waals surface area contributed by atoms with Crippen LogP contribution in [0.25, 0.3) is 0 Å². The van der Waals surface area contributed by atoms with Crippen molar-refractivity contribution in [1.82, 2.24) is 5.32 Å². The lowest BCUT2D eigenvalue weighted by atomic mass is 10.1. The molecule has 0 saturated carbocycles. The van der Waals surface area contributed by atoms with Gasteiger partial charge in [0, 0.05) is 12.5 Å². The molecule has 5 heteroatoms. The lowest BCUT2D eigenvalue weighted by Crippen LogP contribution is -2.37. The van der Waals surface area contributed by atoms with Crippen LogP contribution in [-0.2, 0) is 25.5 Å². The predicted molar refractivity (Wildman–Crippen MR) is 68.3 cm³/mol. The number of carbonyl (C=O) groups is 3. The Morgan fingerprint density at radius 1 is 1.32 bits per heavy atom. The van der Waals surface area contributed by atoms with Crippen LogP contribution in [0.3, 0.4) is 0 Å². The molecule has 0 fully saturated rings. The number of aldehydes is 1. The summed E-state index contributed by atoms with van der Waals surface area (Å²) < 4.78 is 4.61. The van der Waals surface area contributed by atoms with Gasteiger partial charge in [0.2, 0.25) is 0 Å². The van der Waals surface area contributed by atoms with E-state index in [1.165, 1.54) is 7.11 Å². The van der Waals surface area contributed by atoms with E-state index in [4.69, 9.17) is 0 Å². The third kappa shape index (κ3) is 5.16. The molecule has 1 unspecified atom stereocenters. The molecular formula is C14H14NO4. The van der Waals surface area contributed by atoms with Crippen molar-refractivity contribution >= 4 is 18.2 Å². The van der Waals surface area contributed by atoms with Crippen LogP contribution >= 0.6 is 0 Å². The van der Waals surface area contributed by atoms with E-state index < -0.39 is 17.9 Å². The molecule has 1 atom stereocenters. The first kappa shape index (κ1) is 14.6. The first-order chi connectivity index (χ1) is 9.17. The number of rotatable bonds is 6. The Labute approximate surface area is 111 Å². The average Bonchev–Trinajstić information content (AvgIpc) is 2.44. The fourth-order valence-electron chi connectivity index (χ4n) is 1.47. The minimum Gasteiger partial charge on any atom is -0.467 e. The van der Waals surface area contributed by atoms with Crippen LogP contribution in [0, 0.1) is 0 Å². The van der Waals surface area contributed by atoms with Crippen LogP contribution in [0.4, 0.5) is 0 Å². The number of hydrogen-bond donors (Lipinski definition) is 0. The van der Waals surface area contributed by atoms with Crippen LogP contribution in [0.5, 0.6) is 0 Å².